The van der Waals surface area contributed by atoms with Crippen molar-refractivity contribution in [3.05, 3.63) is 59.7 Å². The maximum absolute atomic E-state index is 5.88. The van der Waals surface area contributed by atoms with E-state index in [1.54, 1.807) is 0 Å². The number of unbranched alkanes of at least 4 members (excludes halogenated alkanes) is 28. The second-order valence-electron chi connectivity index (χ2n) is 27.1. The molecule has 0 unspecified atom stereocenters. The van der Waals surface area contributed by atoms with Gasteiger partial charge in [-0.15, -0.1) is 47.0 Å². The summed E-state index contributed by atoms with van der Waals surface area (Å²) in [7, 11) is 0. The first-order valence-electron chi connectivity index (χ1n) is 34.5. The Morgan fingerprint density at radius 1 is 0.286 bits per heavy atom. The van der Waals surface area contributed by atoms with Crippen LogP contribution in [0.1, 0.15) is 286 Å². The predicted octanol–water partition coefficient (Wildman–Crippen LogP) is 26.3. The quantitative estimate of drug-likeness (QED) is 0.0163. The topological polar surface area (TPSA) is 51.6 Å². The van der Waals surface area contributed by atoms with Crippen LogP contribution in [0.4, 0.5) is 0 Å². The lowest BCUT2D eigenvalue weighted by Crippen LogP contribution is -2.13. The first-order chi connectivity index (χ1) is 40.9. The summed E-state index contributed by atoms with van der Waals surface area (Å²) >= 11 is 8.22. The minimum atomic E-state index is -0.145. The lowest BCUT2D eigenvalue weighted by molar-refractivity contribution is 0.586. The van der Waals surface area contributed by atoms with Gasteiger partial charge in [-0.05, 0) is 107 Å². The average Bonchev–Trinajstić information content (AvgIpc) is 0.879. The minimum Gasteiger partial charge on any atom is -0.244 e. The van der Waals surface area contributed by atoms with Gasteiger partial charge in [0.1, 0.15) is 0 Å². The fraction of sp³-hybridized carbons (Fsp3) is 0.632. The lowest BCUT2D eigenvalue weighted by atomic mass is 9.78. The van der Waals surface area contributed by atoms with Crippen molar-refractivity contribution in [1.29, 1.82) is 0 Å². The molecule has 8 rings (SSSR count). The van der Waals surface area contributed by atoms with Crippen molar-refractivity contribution in [3.8, 4) is 0 Å². The van der Waals surface area contributed by atoms with Crippen LogP contribution >= 0.6 is 47.0 Å². The van der Waals surface area contributed by atoms with Gasteiger partial charge >= 0.3 is 0 Å². The maximum Gasteiger partial charge on any atom is 0.0982 e. The molecule has 0 aliphatic rings. The van der Waals surface area contributed by atoms with Gasteiger partial charge in [-0.25, -0.2) is 19.9 Å². The second-order valence-corrected chi connectivity index (χ2v) is 31.6. The minimum absolute atomic E-state index is 0.116. The van der Waals surface area contributed by atoms with Crippen LogP contribution in [0.25, 0.3) is 76.5 Å². The second kappa shape index (κ2) is 34.1. The molecule has 4 nitrogen and oxygen atoms in total. The Bertz CT molecular complexity index is 3280. The molecule has 0 aliphatic heterocycles. The fourth-order valence-electron chi connectivity index (χ4n) is 12.6. The molecule has 2 aromatic heterocycles. The number of hydrogen-bond donors (Lipinski definition) is 0. The summed E-state index contributed by atoms with van der Waals surface area (Å²) in [6.07, 6.45) is 43.0. The van der Waals surface area contributed by atoms with Crippen molar-refractivity contribution >= 4 is 123 Å². The molecule has 0 atom stereocenters. The van der Waals surface area contributed by atoms with Crippen LogP contribution in [-0.4, -0.2) is 42.9 Å². The van der Waals surface area contributed by atoms with Crippen LogP contribution in [0.3, 0.4) is 0 Å². The third-order valence-electron chi connectivity index (χ3n) is 17.8. The van der Waals surface area contributed by atoms with Gasteiger partial charge in [-0.1, -0.05) is 261 Å². The molecule has 0 saturated carbocycles. The van der Waals surface area contributed by atoms with Gasteiger partial charge in [0.2, 0.25) is 0 Å². The first kappa shape index (κ1) is 66.9. The summed E-state index contributed by atoms with van der Waals surface area (Å²) in [6.45, 7) is 23.4. The molecule has 458 valence electrons. The highest BCUT2D eigenvalue weighted by molar-refractivity contribution is 8.02. The highest BCUT2D eigenvalue weighted by Crippen LogP contribution is 2.49. The van der Waals surface area contributed by atoms with Gasteiger partial charge < -0.3 is 0 Å². The van der Waals surface area contributed by atoms with E-state index >= 15 is 0 Å². The highest BCUT2D eigenvalue weighted by atomic mass is 32.2. The average molecular weight is 1210 g/mol. The van der Waals surface area contributed by atoms with Gasteiger partial charge in [-0.2, -0.15) is 0 Å². The SMILES string of the molecule is CCCCCCCCCCSc1cc2nc3c4cc(C(C)(C)C)cc5c6nc7cc(SCCCCCCCCCC)c(SCCCCCCCCCC)cc7nc6c6c(C(C)(C)C)ccc(c3nc2cc1SCCCCCCCCCC)c6c45. The van der Waals surface area contributed by atoms with Gasteiger partial charge in [-0.3, -0.25) is 0 Å². The largest absolute Gasteiger partial charge is 0.244 e. The van der Waals surface area contributed by atoms with E-state index in [4.69, 9.17) is 19.9 Å². The van der Waals surface area contributed by atoms with E-state index in [-0.39, 0.29) is 10.8 Å². The zero-order valence-electron chi connectivity index (χ0n) is 54.5. The summed E-state index contributed by atoms with van der Waals surface area (Å²) in [6, 6.07) is 19.4. The Labute approximate surface area is 527 Å². The zero-order valence-corrected chi connectivity index (χ0v) is 57.8. The van der Waals surface area contributed by atoms with Crippen LogP contribution < -0.4 is 0 Å². The summed E-state index contributed by atoms with van der Waals surface area (Å²) in [5.74, 6) is 4.58. The van der Waals surface area contributed by atoms with E-state index in [0.29, 0.717) is 0 Å². The van der Waals surface area contributed by atoms with Gasteiger partial charge in [0.15, 0.2) is 0 Å². The summed E-state index contributed by atoms with van der Waals surface area (Å²) in [5.41, 5.74) is 10.4. The van der Waals surface area contributed by atoms with E-state index in [2.05, 4.69) is 165 Å². The Balaban J connectivity index is 1.23. The molecule has 2 heterocycles. The standard InChI is InChI=1S/C76H110N4S4/c1-11-15-19-23-27-31-35-39-45-81-64-51-60-61(52-65(64)82-46-40-36-32-28-24-20-16-12-2)78-72-57-49-55(75(5,6)7)50-58-68(57)69-56(71(72)77-60)43-44-59(76(8,9)10)70(69)74-73(58)79-62-53-66(83-47-41-37-33-29-25-21-17-13-3)67(54-63(62)80-74)84-48-42-38-34-30-26-22-18-14-4/h43-44,49-54H,11-42,45-48H2,1-10H3. The van der Waals surface area contributed by atoms with Crippen LogP contribution in [0.15, 0.2) is 68.1 Å². The smallest absolute Gasteiger partial charge is 0.0982 e. The molecule has 0 bridgehead atoms. The molecule has 84 heavy (non-hydrogen) atoms. The Morgan fingerprint density at radius 2 is 0.571 bits per heavy atom. The number of benzene rings is 6. The van der Waals surface area contributed by atoms with Crippen molar-refractivity contribution in [1.82, 2.24) is 19.9 Å². The number of thioether (sulfide) groups is 4. The molecule has 8 heteroatoms. The van der Waals surface area contributed by atoms with Crippen molar-refractivity contribution < 1.29 is 0 Å². The highest BCUT2D eigenvalue weighted by Gasteiger charge is 2.29. The van der Waals surface area contributed by atoms with Crippen molar-refractivity contribution in [2.45, 2.75) is 305 Å². The van der Waals surface area contributed by atoms with Gasteiger partial charge in [0, 0.05) is 51.9 Å². The normalized spacial score (nSPS) is 12.6. The fourth-order valence-corrected chi connectivity index (χ4v) is 17.2. The summed E-state index contributed by atoms with van der Waals surface area (Å²) < 4.78 is 0. The van der Waals surface area contributed by atoms with E-state index in [1.165, 1.54) is 268 Å². The number of rotatable bonds is 40. The molecule has 8 aromatic rings. The Kier molecular flexibility index (Phi) is 27.1. The third kappa shape index (κ3) is 18.3. The first-order valence-corrected chi connectivity index (χ1v) is 38.4. The molecule has 0 N–H and O–H groups in total. The molecule has 0 radical (unpaired) electrons. The van der Waals surface area contributed by atoms with Crippen molar-refractivity contribution in [3.63, 3.8) is 0 Å². The molecule has 0 fully saturated rings. The monoisotopic (exact) mass is 1210 g/mol. The van der Waals surface area contributed by atoms with Crippen molar-refractivity contribution in [2.24, 2.45) is 0 Å². The number of fused-ring (bicyclic) bond motifs is 8. The predicted molar refractivity (Wildman–Crippen MR) is 382 cm³/mol. The van der Waals surface area contributed by atoms with Crippen LogP contribution in [-0.2, 0) is 10.8 Å². The number of hydrogen-bond acceptors (Lipinski definition) is 8. The molecular weight excluding hydrogens is 1100 g/mol. The summed E-state index contributed by atoms with van der Waals surface area (Å²) in [5, 5.41) is 7.28. The zero-order chi connectivity index (χ0) is 59.3. The molecule has 0 saturated heterocycles. The van der Waals surface area contributed by atoms with Crippen LogP contribution in [0.2, 0.25) is 0 Å². The molecule has 6 aromatic carbocycles. The number of aromatic nitrogens is 4. The van der Waals surface area contributed by atoms with Crippen LogP contribution in [0, 0.1) is 0 Å². The molecule has 0 spiro atoms. The van der Waals surface area contributed by atoms with Crippen molar-refractivity contribution in [2.75, 3.05) is 23.0 Å². The molecular formula is C76H110N4S4. The number of nitrogens with zero attached hydrogens (tertiary/aromatic N) is 4. The Hall–Kier alpha value is -3.04. The van der Waals surface area contributed by atoms with Gasteiger partial charge in [0.25, 0.3) is 0 Å². The third-order valence-corrected chi connectivity index (χ3v) is 22.6. The van der Waals surface area contributed by atoms with E-state index in [1.807, 2.05) is 0 Å². The van der Waals surface area contributed by atoms with Crippen LogP contribution in [0.5, 0.6) is 0 Å². The molecule has 0 aliphatic carbocycles. The lowest BCUT2D eigenvalue weighted by Gasteiger charge is -2.26. The van der Waals surface area contributed by atoms with Gasteiger partial charge in [0.05, 0.1) is 44.1 Å². The van der Waals surface area contributed by atoms with E-state index in [9.17, 15) is 0 Å². The van der Waals surface area contributed by atoms with E-state index in [0.717, 1.165) is 67.1 Å². The summed E-state index contributed by atoms with van der Waals surface area (Å²) in [4.78, 5) is 28.9. The Morgan fingerprint density at radius 3 is 0.881 bits per heavy atom. The maximum atomic E-state index is 5.88. The molecule has 0 amide bonds. The van der Waals surface area contributed by atoms with E-state index < -0.39 is 0 Å².